The Bertz CT molecular complexity index is 503. The molecule has 0 aromatic heterocycles. The van der Waals surface area contributed by atoms with Gasteiger partial charge in [0.1, 0.15) is 0 Å². The number of carbonyl (C=O) groups excluding carboxylic acids is 1. The summed E-state index contributed by atoms with van der Waals surface area (Å²) in [5.41, 5.74) is 2.33. The molecular weight excluding hydrogens is 256 g/mol. The zero-order valence-corrected chi connectivity index (χ0v) is 12.0. The van der Waals surface area contributed by atoms with Gasteiger partial charge in [0.2, 0.25) is 5.91 Å². The van der Waals surface area contributed by atoms with Gasteiger partial charge in [-0.3, -0.25) is 9.79 Å². The molecular formula is C15H18N2OS. The Labute approximate surface area is 118 Å². The number of rotatable bonds is 3. The standard InChI is InChI=1S/C15H18N2OS/c1-11(2)13-6-3-12(4-7-13)5-8-14(18)17-15-16-9-10-19-15/h3-8,11H,9-10H2,1-2H3,(H,16,17,18)/b8-5-. The van der Waals surface area contributed by atoms with E-state index in [0.717, 1.165) is 23.0 Å². The average Bonchev–Trinajstić information content (AvgIpc) is 2.89. The third-order valence-corrected chi connectivity index (χ3v) is 3.74. The van der Waals surface area contributed by atoms with Crippen LogP contribution in [0.2, 0.25) is 0 Å². The van der Waals surface area contributed by atoms with Gasteiger partial charge >= 0.3 is 0 Å². The first kappa shape index (κ1) is 13.9. The van der Waals surface area contributed by atoms with Crippen molar-refractivity contribution in [2.45, 2.75) is 19.8 Å². The highest BCUT2D eigenvalue weighted by molar-refractivity contribution is 8.14. The fourth-order valence-electron chi connectivity index (χ4n) is 1.72. The van der Waals surface area contributed by atoms with E-state index < -0.39 is 0 Å². The molecule has 0 saturated carbocycles. The smallest absolute Gasteiger partial charge is 0.249 e. The molecule has 0 aliphatic carbocycles. The molecule has 19 heavy (non-hydrogen) atoms. The quantitative estimate of drug-likeness (QED) is 0.861. The summed E-state index contributed by atoms with van der Waals surface area (Å²) in [5.74, 6) is 1.36. The van der Waals surface area contributed by atoms with Gasteiger partial charge in [0.15, 0.2) is 5.17 Å². The van der Waals surface area contributed by atoms with Gasteiger partial charge in [-0.1, -0.05) is 49.9 Å². The first-order chi connectivity index (χ1) is 9.15. The number of hydrogen-bond donors (Lipinski definition) is 1. The van der Waals surface area contributed by atoms with Crippen LogP contribution in [-0.4, -0.2) is 23.4 Å². The first-order valence-electron chi connectivity index (χ1n) is 6.41. The van der Waals surface area contributed by atoms with Gasteiger partial charge in [-0.05, 0) is 23.1 Å². The maximum absolute atomic E-state index is 11.7. The summed E-state index contributed by atoms with van der Waals surface area (Å²) in [5, 5.41) is 3.49. The maximum Gasteiger partial charge on any atom is 0.249 e. The average molecular weight is 274 g/mol. The predicted octanol–water partition coefficient (Wildman–Crippen LogP) is 3.04. The number of nitrogens with one attached hydrogen (secondary N) is 1. The molecule has 0 fully saturated rings. The van der Waals surface area contributed by atoms with Gasteiger partial charge in [0.25, 0.3) is 0 Å². The SMILES string of the molecule is CC(C)c1ccc(/C=C\C(=O)NC2=NCCS2)cc1. The van der Waals surface area contributed by atoms with E-state index in [4.69, 9.17) is 0 Å². The molecule has 1 aromatic carbocycles. The molecule has 0 unspecified atom stereocenters. The molecule has 0 spiro atoms. The van der Waals surface area contributed by atoms with E-state index in [1.54, 1.807) is 17.8 Å². The molecule has 1 aliphatic heterocycles. The number of amides is 1. The zero-order valence-electron chi connectivity index (χ0n) is 11.2. The first-order valence-corrected chi connectivity index (χ1v) is 7.40. The van der Waals surface area contributed by atoms with Gasteiger partial charge in [-0.25, -0.2) is 0 Å². The number of aliphatic imine (C=N–C) groups is 1. The van der Waals surface area contributed by atoms with Gasteiger partial charge in [0.05, 0.1) is 6.54 Å². The zero-order chi connectivity index (χ0) is 13.7. The van der Waals surface area contributed by atoms with Crippen LogP contribution in [0.15, 0.2) is 35.3 Å². The third-order valence-electron chi connectivity index (χ3n) is 2.85. The minimum atomic E-state index is -0.124. The molecule has 1 amide bonds. The van der Waals surface area contributed by atoms with Crippen LogP contribution in [0.5, 0.6) is 0 Å². The Hall–Kier alpha value is -1.55. The van der Waals surface area contributed by atoms with Crippen LogP contribution in [0.4, 0.5) is 0 Å². The van der Waals surface area contributed by atoms with Crippen molar-refractivity contribution in [2.75, 3.05) is 12.3 Å². The summed E-state index contributed by atoms with van der Waals surface area (Å²) in [7, 11) is 0. The minimum Gasteiger partial charge on any atom is -0.302 e. The highest BCUT2D eigenvalue weighted by Crippen LogP contribution is 2.15. The lowest BCUT2D eigenvalue weighted by Crippen LogP contribution is -2.25. The summed E-state index contributed by atoms with van der Waals surface area (Å²) in [6.07, 6.45) is 3.37. The number of carbonyl (C=O) groups is 1. The fourth-order valence-corrected chi connectivity index (χ4v) is 2.45. The Morgan fingerprint density at radius 3 is 2.68 bits per heavy atom. The van der Waals surface area contributed by atoms with Crippen molar-refractivity contribution in [3.8, 4) is 0 Å². The second kappa shape index (κ2) is 6.57. The Balaban J connectivity index is 1.92. The molecule has 0 radical (unpaired) electrons. The van der Waals surface area contributed by atoms with Gasteiger partial charge in [-0.15, -0.1) is 0 Å². The molecule has 1 heterocycles. The van der Waals surface area contributed by atoms with E-state index >= 15 is 0 Å². The minimum absolute atomic E-state index is 0.124. The summed E-state index contributed by atoms with van der Waals surface area (Å²) < 4.78 is 0. The van der Waals surface area contributed by atoms with E-state index in [2.05, 4.69) is 36.3 Å². The van der Waals surface area contributed by atoms with Crippen LogP contribution < -0.4 is 5.32 Å². The summed E-state index contributed by atoms with van der Waals surface area (Å²) in [6.45, 7) is 5.12. The van der Waals surface area contributed by atoms with Gasteiger partial charge < -0.3 is 5.32 Å². The van der Waals surface area contributed by atoms with E-state index in [-0.39, 0.29) is 5.91 Å². The highest BCUT2D eigenvalue weighted by atomic mass is 32.2. The molecule has 3 nitrogen and oxygen atoms in total. The van der Waals surface area contributed by atoms with Crippen LogP contribution in [0.25, 0.3) is 6.08 Å². The lowest BCUT2D eigenvalue weighted by molar-refractivity contribution is -0.115. The van der Waals surface area contributed by atoms with Crippen LogP contribution in [0.3, 0.4) is 0 Å². The Kier molecular flexibility index (Phi) is 4.80. The second-order valence-corrected chi connectivity index (χ2v) is 5.76. The van der Waals surface area contributed by atoms with E-state index in [0.29, 0.717) is 5.92 Å². The normalized spacial score (nSPS) is 15.0. The van der Waals surface area contributed by atoms with Gasteiger partial charge in [-0.2, -0.15) is 0 Å². The monoisotopic (exact) mass is 274 g/mol. The molecule has 1 aliphatic rings. The summed E-state index contributed by atoms with van der Waals surface area (Å²) in [4.78, 5) is 15.8. The van der Waals surface area contributed by atoms with E-state index in [9.17, 15) is 4.79 Å². The highest BCUT2D eigenvalue weighted by Gasteiger charge is 2.08. The topological polar surface area (TPSA) is 41.5 Å². The lowest BCUT2D eigenvalue weighted by atomic mass is 10.0. The van der Waals surface area contributed by atoms with Crippen molar-refractivity contribution in [3.63, 3.8) is 0 Å². The number of benzene rings is 1. The van der Waals surface area contributed by atoms with Crippen molar-refractivity contribution in [2.24, 2.45) is 4.99 Å². The van der Waals surface area contributed by atoms with Crippen LogP contribution in [0, 0.1) is 0 Å². The Morgan fingerprint density at radius 1 is 1.37 bits per heavy atom. The largest absolute Gasteiger partial charge is 0.302 e. The van der Waals surface area contributed by atoms with E-state index in [1.165, 1.54) is 5.56 Å². The number of nitrogens with zero attached hydrogens (tertiary/aromatic N) is 1. The Morgan fingerprint density at radius 2 is 2.11 bits per heavy atom. The van der Waals surface area contributed by atoms with Crippen molar-refractivity contribution >= 4 is 28.9 Å². The predicted molar refractivity (Wildman–Crippen MR) is 82.5 cm³/mol. The van der Waals surface area contributed by atoms with Crippen molar-refractivity contribution in [3.05, 3.63) is 41.5 Å². The van der Waals surface area contributed by atoms with Crippen LogP contribution in [0.1, 0.15) is 30.9 Å². The maximum atomic E-state index is 11.7. The molecule has 2 rings (SSSR count). The summed E-state index contributed by atoms with van der Waals surface area (Å²) in [6, 6.07) is 8.25. The van der Waals surface area contributed by atoms with Crippen molar-refractivity contribution in [1.82, 2.24) is 5.32 Å². The third kappa shape index (κ3) is 4.24. The van der Waals surface area contributed by atoms with Crippen molar-refractivity contribution in [1.29, 1.82) is 0 Å². The number of thioether (sulfide) groups is 1. The van der Waals surface area contributed by atoms with Crippen molar-refractivity contribution < 1.29 is 4.79 Å². The molecule has 1 aromatic rings. The van der Waals surface area contributed by atoms with Crippen LogP contribution >= 0.6 is 11.8 Å². The molecule has 100 valence electrons. The molecule has 1 N–H and O–H groups in total. The molecule has 0 atom stereocenters. The molecule has 4 heteroatoms. The molecule has 0 saturated heterocycles. The van der Waals surface area contributed by atoms with Gasteiger partial charge in [0, 0.05) is 11.8 Å². The van der Waals surface area contributed by atoms with Crippen LogP contribution in [-0.2, 0) is 4.79 Å². The lowest BCUT2D eigenvalue weighted by Gasteiger charge is -2.04. The molecule has 0 bridgehead atoms. The number of amidine groups is 1. The van der Waals surface area contributed by atoms with E-state index in [1.807, 2.05) is 18.2 Å². The number of hydrogen-bond acceptors (Lipinski definition) is 3. The fraction of sp³-hybridized carbons (Fsp3) is 0.333. The second-order valence-electron chi connectivity index (χ2n) is 4.68. The summed E-state index contributed by atoms with van der Waals surface area (Å²) >= 11 is 1.58.